The fourth-order valence-electron chi connectivity index (χ4n) is 2.63. The summed E-state index contributed by atoms with van der Waals surface area (Å²) in [5.41, 5.74) is 2.65. The van der Waals surface area contributed by atoms with E-state index in [0.717, 1.165) is 27.4 Å². The Balaban J connectivity index is 1.76. The molecule has 1 aromatic heterocycles. The van der Waals surface area contributed by atoms with E-state index in [9.17, 15) is 0 Å². The fraction of sp³-hybridized carbons (Fsp3) is 0.100. The summed E-state index contributed by atoms with van der Waals surface area (Å²) in [5, 5.41) is 7.62. The lowest BCUT2D eigenvalue weighted by atomic mass is 10.2. The van der Waals surface area contributed by atoms with Crippen LogP contribution in [0.15, 0.2) is 64.5 Å². The van der Waals surface area contributed by atoms with Crippen LogP contribution < -0.4 is 14.3 Å². The minimum absolute atomic E-state index is 0.237. The van der Waals surface area contributed by atoms with Crippen LogP contribution in [0.5, 0.6) is 11.5 Å². The van der Waals surface area contributed by atoms with Crippen molar-refractivity contribution in [1.82, 2.24) is 4.68 Å². The number of rotatable bonds is 5. The van der Waals surface area contributed by atoms with Gasteiger partial charge in [-0.05, 0) is 35.9 Å². The van der Waals surface area contributed by atoms with Gasteiger partial charge in [0.1, 0.15) is 0 Å². The van der Waals surface area contributed by atoms with Gasteiger partial charge in [-0.1, -0.05) is 35.3 Å². The molecule has 8 heteroatoms. The van der Waals surface area contributed by atoms with Gasteiger partial charge in [0.15, 0.2) is 11.5 Å². The lowest BCUT2D eigenvalue weighted by molar-refractivity contribution is 0.174. The maximum atomic E-state index is 6.19. The zero-order valence-corrected chi connectivity index (χ0v) is 17.0. The average Bonchev–Trinajstić information content (AvgIpc) is 3.33. The number of halogens is 2. The highest BCUT2D eigenvalue weighted by Gasteiger charge is 2.13. The van der Waals surface area contributed by atoms with Crippen LogP contribution in [0.4, 0.5) is 0 Å². The molecule has 4 rings (SSSR count). The second kappa shape index (κ2) is 8.22. The molecular weight excluding hydrogens is 417 g/mol. The van der Waals surface area contributed by atoms with Crippen molar-refractivity contribution in [2.24, 2.45) is 10.1 Å². The molecule has 0 aliphatic carbocycles. The summed E-state index contributed by atoms with van der Waals surface area (Å²) in [6.45, 7) is 4.46. The Morgan fingerprint density at radius 3 is 2.79 bits per heavy atom. The fourth-order valence-corrected chi connectivity index (χ4v) is 3.78. The molecule has 1 aliphatic rings. The standard InChI is InChI=1S/C20H15Cl2N3O2S/c1-2-7-23-20-25(17(11-28-20)14-4-5-15(21)16(22)9-14)24-10-13-3-6-18-19(8-13)27-12-26-18/h2-6,8-11H,1,7,12H2. The van der Waals surface area contributed by atoms with E-state index in [4.69, 9.17) is 32.7 Å². The molecule has 142 valence electrons. The Labute approximate surface area is 175 Å². The quantitative estimate of drug-likeness (QED) is 0.410. The van der Waals surface area contributed by atoms with Crippen LogP contribution in [-0.4, -0.2) is 24.2 Å². The highest BCUT2D eigenvalue weighted by Crippen LogP contribution is 2.32. The molecule has 0 bridgehead atoms. The van der Waals surface area contributed by atoms with Crippen LogP contribution in [0.3, 0.4) is 0 Å². The van der Waals surface area contributed by atoms with Gasteiger partial charge in [0.05, 0.1) is 28.5 Å². The van der Waals surface area contributed by atoms with E-state index in [1.807, 2.05) is 35.7 Å². The molecule has 0 unspecified atom stereocenters. The number of ether oxygens (including phenoxy) is 2. The smallest absolute Gasteiger partial charge is 0.231 e. The van der Waals surface area contributed by atoms with Crippen molar-refractivity contribution >= 4 is 40.8 Å². The van der Waals surface area contributed by atoms with Crippen LogP contribution >= 0.6 is 34.5 Å². The predicted octanol–water partition coefficient (Wildman–Crippen LogP) is 5.22. The number of benzene rings is 2. The number of hydrogen-bond acceptors (Lipinski definition) is 5. The average molecular weight is 432 g/mol. The normalized spacial score (nSPS) is 13.4. The first-order valence-electron chi connectivity index (χ1n) is 8.37. The number of nitrogens with zero attached hydrogens (tertiary/aromatic N) is 3. The lowest BCUT2D eigenvalue weighted by Gasteiger charge is -2.05. The Hall–Kier alpha value is -2.54. The van der Waals surface area contributed by atoms with Gasteiger partial charge in [-0.15, -0.1) is 17.9 Å². The first kappa shape index (κ1) is 18.8. The Morgan fingerprint density at radius 1 is 1.11 bits per heavy atom. The molecule has 2 aromatic carbocycles. The van der Waals surface area contributed by atoms with Gasteiger partial charge in [0.2, 0.25) is 11.6 Å². The number of fused-ring (bicyclic) bond motifs is 1. The molecule has 28 heavy (non-hydrogen) atoms. The van der Waals surface area contributed by atoms with E-state index in [-0.39, 0.29) is 6.79 Å². The van der Waals surface area contributed by atoms with Crippen molar-refractivity contribution in [1.29, 1.82) is 0 Å². The summed E-state index contributed by atoms with van der Waals surface area (Å²) in [4.78, 5) is 5.27. The molecule has 3 aromatic rings. The van der Waals surface area contributed by atoms with Crippen molar-refractivity contribution < 1.29 is 9.47 Å². The second-order valence-corrected chi connectivity index (χ2v) is 7.48. The van der Waals surface area contributed by atoms with E-state index >= 15 is 0 Å². The Morgan fingerprint density at radius 2 is 1.96 bits per heavy atom. The molecule has 0 fully saturated rings. The Bertz CT molecular complexity index is 1130. The second-order valence-electron chi connectivity index (χ2n) is 5.83. The first-order chi connectivity index (χ1) is 13.7. The first-order valence-corrected chi connectivity index (χ1v) is 10.0. The Kier molecular flexibility index (Phi) is 5.52. The highest BCUT2D eigenvalue weighted by molar-refractivity contribution is 7.07. The lowest BCUT2D eigenvalue weighted by Crippen LogP contribution is -2.12. The summed E-state index contributed by atoms with van der Waals surface area (Å²) < 4.78 is 12.5. The number of thiazole rings is 1. The van der Waals surface area contributed by atoms with Crippen LogP contribution in [0.25, 0.3) is 11.3 Å². The summed E-state index contributed by atoms with van der Waals surface area (Å²) in [6, 6.07) is 11.2. The van der Waals surface area contributed by atoms with E-state index in [2.05, 4.69) is 16.7 Å². The van der Waals surface area contributed by atoms with Gasteiger partial charge in [-0.25, -0.2) is 4.68 Å². The third-order valence-electron chi connectivity index (χ3n) is 3.98. The minimum Gasteiger partial charge on any atom is -0.454 e. The summed E-state index contributed by atoms with van der Waals surface area (Å²) in [5.74, 6) is 1.44. The molecule has 1 aliphatic heterocycles. The third kappa shape index (κ3) is 3.85. The van der Waals surface area contributed by atoms with Crippen molar-refractivity contribution in [2.75, 3.05) is 13.3 Å². The monoisotopic (exact) mass is 431 g/mol. The largest absolute Gasteiger partial charge is 0.454 e. The molecule has 0 N–H and O–H groups in total. The number of aromatic nitrogens is 1. The van der Waals surface area contributed by atoms with Gasteiger partial charge >= 0.3 is 0 Å². The van der Waals surface area contributed by atoms with Crippen LogP contribution in [0, 0.1) is 0 Å². The topological polar surface area (TPSA) is 48.1 Å². The van der Waals surface area contributed by atoms with Gasteiger partial charge in [0, 0.05) is 10.9 Å². The summed E-state index contributed by atoms with van der Waals surface area (Å²) >= 11 is 13.7. The third-order valence-corrected chi connectivity index (χ3v) is 5.57. The molecule has 5 nitrogen and oxygen atoms in total. The molecule has 0 saturated heterocycles. The van der Waals surface area contributed by atoms with Crippen molar-refractivity contribution in [3.8, 4) is 22.8 Å². The molecule has 0 spiro atoms. The van der Waals surface area contributed by atoms with E-state index in [1.54, 1.807) is 23.0 Å². The zero-order chi connectivity index (χ0) is 19.5. The molecule has 0 atom stereocenters. The molecular formula is C20H15Cl2N3O2S. The predicted molar refractivity (Wildman–Crippen MR) is 114 cm³/mol. The van der Waals surface area contributed by atoms with E-state index in [0.29, 0.717) is 22.3 Å². The van der Waals surface area contributed by atoms with Gasteiger partial charge in [-0.3, -0.25) is 4.99 Å². The zero-order valence-electron chi connectivity index (χ0n) is 14.6. The van der Waals surface area contributed by atoms with E-state index < -0.39 is 0 Å². The summed E-state index contributed by atoms with van der Waals surface area (Å²) in [7, 11) is 0. The van der Waals surface area contributed by atoms with Gasteiger partial charge < -0.3 is 9.47 Å². The van der Waals surface area contributed by atoms with Crippen molar-refractivity contribution in [3.05, 3.63) is 74.8 Å². The van der Waals surface area contributed by atoms with E-state index in [1.165, 1.54) is 11.3 Å². The van der Waals surface area contributed by atoms with Crippen LogP contribution in [0.1, 0.15) is 5.56 Å². The molecule has 2 heterocycles. The SMILES string of the molecule is C=CCN=c1scc(-c2ccc(Cl)c(Cl)c2)n1N=Cc1ccc2c(c1)OCO2. The van der Waals surface area contributed by atoms with Crippen LogP contribution in [-0.2, 0) is 0 Å². The maximum Gasteiger partial charge on any atom is 0.231 e. The summed E-state index contributed by atoms with van der Waals surface area (Å²) in [6.07, 6.45) is 3.49. The van der Waals surface area contributed by atoms with Gasteiger partial charge in [-0.2, -0.15) is 5.10 Å². The molecule has 0 saturated carbocycles. The molecule has 0 radical (unpaired) electrons. The maximum absolute atomic E-state index is 6.19. The van der Waals surface area contributed by atoms with Gasteiger partial charge in [0.25, 0.3) is 0 Å². The highest BCUT2D eigenvalue weighted by atomic mass is 35.5. The van der Waals surface area contributed by atoms with Crippen LogP contribution in [0.2, 0.25) is 10.0 Å². The molecule has 0 amide bonds. The minimum atomic E-state index is 0.237. The van der Waals surface area contributed by atoms with Crippen molar-refractivity contribution in [2.45, 2.75) is 0 Å². The number of hydrogen-bond donors (Lipinski definition) is 0. The van der Waals surface area contributed by atoms with Crippen molar-refractivity contribution in [3.63, 3.8) is 0 Å².